The Labute approximate surface area is 169 Å². The maximum absolute atomic E-state index is 12.3. The number of amides is 1. The molecule has 0 atom stereocenters. The number of halogens is 1. The summed E-state index contributed by atoms with van der Waals surface area (Å²) in [5.41, 5.74) is 3.67. The molecule has 0 saturated carbocycles. The standard InChI is InChI=1S/C20H17BrN4OS/c21-14-5-7-15(8-6-14)24-20-25-18(12-27-20)19(26)22-10-9-13-11-23-17-4-2-1-3-16(13)17/h1-8,11-12,23H,9-10H2,(H,22,26)(H,24,25). The molecule has 0 aliphatic heterocycles. The summed E-state index contributed by atoms with van der Waals surface area (Å²) in [6.45, 7) is 0.563. The van der Waals surface area contributed by atoms with Crippen LogP contribution in [-0.4, -0.2) is 22.4 Å². The van der Waals surface area contributed by atoms with E-state index in [2.05, 4.69) is 42.6 Å². The van der Waals surface area contributed by atoms with Crippen LogP contribution < -0.4 is 10.6 Å². The second-order valence-electron chi connectivity index (χ2n) is 6.04. The number of aromatic nitrogens is 2. The molecule has 0 unspecified atom stereocenters. The van der Waals surface area contributed by atoms with E-state index in [0.29, 0.717) is 17.4 Å². The van der Waals surface area contributed by atoms with Crippen molar-refractivity contribution in [2.24, 2.45) is 0 Å². The van der Waals surface area contributed by atoms with Crippen molar-refractivity contribution in [3.05, 3.63) is 75.8 Å². The fourth-order valence-electron chi connectivity index (χ4n) is 2.83. The molecule has 7 heteroatoms. The minimum absolute atomic E-state index is 0.157. The van der Waals surface area contributed by atoms with Gasteiger partial charge in [0.2, 0.25) is 0 Å². The number of nitrogens with one attached hydrogen (secondary N) is 3. The first kappa shape index (κ1) is 17.8. The lowest BCUT2D eigenvalue weighted by atomic mass is 10.1. The summed E-state index contributed by atoms with van der Waals surface area (Å²) in [6, 6.07) is 16.0. The second-order valence-corrected chi connectivity index (χ2v) is 7.81. The van der Waals surface area contributed by atoms with Crippen molar-refractivity contribution in [2.75, 3.05) is 11.9 Å². The van der Waals surface area contributed by atoms with E-state index in [-0.39, 0.29) is 5.91 Å². The molecule has 4 rings (SSSR count). The number of nitrogens with zero attached hydrogens (tertiary/aromatic N) is 1. The van der Waals surface area contributed by atoms with Gasteiger partial charge in [-0.1, -0.05) is 34.1 Å². The highest BCUT2D eigenvalue weighted by molar-refractivity contribution is 9.10. The van der Waals surface area contributed by atoms with Crippen LogP contribution in [0.15, 0.2) is 64.6 Å². The molecule has 5 nitrogen and oxygen atoms in total. The molecule has 1 amide bonds. The minimum atomic E-state index is -0.157. The SMILES string of the molecule is O=C(NCCc1c[nH]c2ccccc12)c1csc(Nc2ccc(Br)cc2)n1. The minimum Gasteiger partial charge on any atom is -0.361 e. The fraction of sp³-hybridized carbons (Fsp3) is 0.100. The Morgan fingerprint density at radius 3 is 2.81 bits per heavy atom. The lowest BCUT2D eigenvalue weighted by molar-refractivity contribution is 0.0950. The van der Waals surface area contributed by atoms with Crippen molar-refractivity contribution in [2.45, 2.75) is 6.42 Å². The van der Waals surface area contributed by atoms with Gasteiger partial charge in [0.05, 0.1) is 0 Å². The van der Waals surface area contributed by atoms with Gasteiger partial charge in [0, 0.05) is 39.2 Å². The number of fused-ring (bicyclic) bond motifs is 1. The first-order valence-electron chi connectivity index (χ1n) is 8.50. The average molecular weight is 441 g/mol. The molecule has 2 heterocycles. The van der Waals surface area contributed by atoms with Gasteiger partial charge in [-0.05, 0) is 42.3 Å². The van der Waals surface area contributed by atoms with Crippen molar-refractivity contribution < 1.29 is 4.79 Å². The summed E-state index contributed by atoms with van der Waals surface area (Å²) in [7, 11) is 0. The number of H-pyrrole nitrogens is 1. The molecule has 0 fully saturated rings. The number of anilines is 2. The lowest BCUT2D eigenvalue weighted by Crippen LogP contribution is -2.25. The van der Waals surface area contributed by atoms with Crippen LogP contribution in [0.25, 0.3) is 10.9 Å². The number of para-hydroxylation sites is 1. The van der Waals surface area contributed by atoms with Gasteiger partial charge in [0.25, 0.3) is 5.91 Å². The predicted octanol–water partition coefficient (Wildman–Crippen LogP) is 5.10. The molecule has 0 saturated heterocycles. The number of hydrogen-bond donors (Lipinski definition) is 3. The van der Waals surface area contributed by atoms with Gasteiger partial charge in [0.1, 0.15) is 5.69 Å². The number of thiazole rings is 1. The summed E-state index contributed by atoms with van der Waals surface area (Å²) >= 11 is 4.82. The normalized spacial score (nSPS) is 10.9. The fourth-order valence-corrected chi connectivity index (χ4v) is 3.81. The van der Waals surface area contributed by atoms with Gasteiger partial charge in [-0.2, -0.15) is 0 Å². The quantitative estimate of drug-likeness (QED) is 0.390. The van der Waals surface area contributed by atoms with E-state index in [0.717, 1.165) is 22.1 Å². The molecular weight excluding hydrogens is 424 g/mol. The molecule has 4 aromatic rings. The third kappa shape index (κ3) is 4.20. The number of carbonyl (C=O) groups is 1. The Bertz CT molecular complexity index is 1070. The largest absolute Gasteiger partial charge is 0.361 e. The number of aromatic amines is 1. The highest BCUT2D eigenvalue weighted by Gasteiger charge is 2.11. The molecule has 3 N–H and O–H groups in total. The van der Waals surface area contributed by atoms with Crippen LogP contribution in [0.5, 0.6) is 0 Å². The number of benzene rings is 2. The predicted molar refractivity (Wildman–Crippen MR) is 114 cm³/mol. The van der Waals surface area contributed by atoms with Gasteiger partial charge in [-0.3, -0.25) is 4.79 Å². The summed E-state index contributed by atoms with van der Waals surface area (Å²) in [5.74, 6) is -0.157. The molecule has 0 spiro atoms. The van der Waals surface area contributed by atoms with Crippen LogP contribution in [0.4, 0.5) is 10.8 Å². The first-order chi connectivity index (χ1) is 13.2. The van der Waals surface area contributed by atoms with E-state index in [1.165, 1.54) is 22.3 Å². The molecule has 0 aliphatic carbocycles. The highest BCUT2D eigenvalue weighted by Crippen LogP contribution is 2.22. The smallest absolute Gasteiger partial charge is 0.270 e. The summed E-state index contributed by atoms with van der Waals surface area (Å²) in [5, 5.41) is 9.81. The van der Waals surface area contributed by atoms with Crippen molar-refractivity contribution in [1.82, 2.24) is 15.3 Å². The Balaban J connectivity index is 1.33. The topological polar surface area (TPSA) is 69.8 Å². The molecule has 27 heavy (non-hydrogen) atoms. The van der Waals surface area contributed by atoms with Crippen LogP contribution in [0.3, 0.4) is 0 Å². The zero-order valence-electron chi connectivity index (χ0n) is 14.3. The van der Waals surface area contributed by atoms with E-state index in [9.17, 15) is 4.79 Å². The van der Waals surface area contributed by atoms with Crippen LogP contribution in [0.2, 0.25) is 0 Å². The molecule has 2 aromatic heterocycles. The molecular formula is C20H17BrN4OS. The van der Waals surface area contributed by atoms with Gasteiger partial charge in [-0.25, -0.2) is 4.98 Å². The van der Waals surface area contributed by atoms with E-state index in [1.807, 2.05) is 48.7 Å². The Kier molecular flexibility index (Phi) is 5.22. The monoisotopic (exact) mass is 440 g/mol. The van der Waals surface area contributed by atoms with Crippen molar-refractivity contribution in [3.8, 4) is 0 Å². The van der Waals surface area contributed by atoms with Crippen LogP contribution in [-0.2, 0) is 6.42 Å². The van der Waals surface area contributed by atoms with Gasteiger partial charge < -0.3 is 15.6 Å². The maximum Gasteiger partial charge on any atom is 0.270 e. The summed E-state index contributed by atoms with van der Waals surface area (Å²) in [6.07, 6.45) is 2.77. The van der Waals surface area contributed by atoms with Gasteiger partial charge >= 0.3 is 0 Å². The van der Waals surface area contributed by atoms with Crippen LogP contribution in [0.1, 0.15) is 16.1 Å². The van der Waals surface area contributed by atoms with E-state index < -0.39 is 0 Å². The molecule has 136 valence electrons. The second kappa shape index (κ2) is 7.94. The number of rotatable bonds is 6. The van der Waals surface area contributed by atoms with Crippen LogP contribution >= 0.6 is 27.3 Å². The molecule has 0 bridgehead atoms. The summed E-state index contributed by atoms with van der Waals surface area (Å²) in [4.78, 5) is 20.0. The third-order valence-corrected chi connectivity index (χ3v) is 5.47. The van der Waals surface area contributed by atoms with Crippen molar-refractivity contribution in [1.29, 1.82) is 0 Å². The highest BCUT2D eigenvalue weighted by atomic mass is 79.9. The average Bonchev–Trinajstić information content (AvgIpc) is 3.31. The van der Waals surface area contributed by atoms with E-state index in [4.69, 9.17) is 0 Å². The summed E-state index contributed by atoms with van der Waals surface area (Å²) < 4.78 is 1.02. The Hall–Kier alpha value is -2.64. The molecule has 0 aliphatic rings. The van der Waals surface area contributed by atoms with E-state index in [1.54, 1.807) is 5.38 Å². The van der Waals surface area contributed by atoms with Crippen molar-refractivity contribution >= 4 is 54.9 Å². The molecule has 0 radical (unpaired) electrons. The molecule has 2 aromatic carbocycles. The number of hydrogen-bond acceptors (Lipinski definition) is 4. The van der Waals surface area contributed by atoms with Crippen molar-refractivity contribution in [3.63, 3.8) is 0 Å². The first-order valence-corrected chi connectivity index (χ1v) is 10.2. The van der Waals surface area contributed by atoms with E-state index >= 15 is 0 Å². The van der Waals surface area contributed by atoms with Crippen LogP contribution in [0, 0.1) is 0 Å². The van der Waals surface area contributed by atoms with Gasteiger partial charge in [0.15, 0.2) is 5.13 Å². The number of carbonyl (C=O) groups excluding carboxylic acids is 1. The zero-order chi connectivity index (χ0) is 18.6. The Morgan fingerprint density at radius 1 is 1.15 bits per heavy atom. The maximum atomic E-state index is 12.3. The zero-order valence-corrected chi connectivity index (χ0v) is 16.7. The van der Waals surface area contributed by atoms with Gasteiger partial charge in [-0.15, -0.1) is 11.3 Å². The Morgan fingerprint density at radius 2 is 1.96 bits per heavy atom. The third-order valence-electron chi connectivity index (χ3n) is 4.19. The lowest BCUT2D eigenvalue weighted by Gasteiger charge is -2.03.